The van der Waals surface area contributed by atoms with Crippen molar-refractivity contribution in [2.24, 2.45) is 5.73 Å². The predicted molar refractivity (Wildman–Crippen MR) is 73.3 cm³/mol. The molecule has 0 fully saturated rings. The van der Waals surface area contributed by atoms with Crippen molar-refractivity contribution in [3.63, 3.8) is 0 Å². The fraction of sp³-hybridized carbons (Fsp3) is 0.429. The average molecular weight is 274 g/mol. The summed E-state index contributed by atoms with van der Waals surface area (Å²) in [6, 6.07) is 7.69. The van der Waals surface area contributed by atoms with Gasteiger partial charge in [0.25, 0.3) is 5.89 Å². The molecule has 0 spiro atoms. The van der Waals surface area contributed by atoms with Gasteiger partial charge in [-0.1, -0.05) is 23.4 Å². The Kier molecular flexibility index (Phi) is 3.42. The highest BCUT2D eigenvalue weighted by atomic mass is 16.5. The van der Waals surface area contributed by atoms with Gasteiger partial charge in [0.1, 0.15) is 5.75 Å². The van der Waals surface area contributed by atoms with Gasteiger partial charge in [-0.2, -0.15) is 4.98 Å². The molecule has 1 aromatic carbocycles. The summed E-state index contributed by atoms with van der Waals surface area (Å²) >= 11 is 0. The molecule has 0 amide bonds. The van der Waals surface area contributed by atoms with Gasteiger partial charge in [-0.05, 0) is 25.7 Å². The molecule has 1 aliphatic rings. The number of fused-ring (bicyclic) bond motifs is 1. The zero-order valence-electron chi connectivity index (χ0n) is 11.6. The van der Waals surface area contributed by atoms with Crippen LogP contribution >= 0.6 is 0 Å². The van der Waals surface area contributed by atoms with E-state index >= 15 is 0 Å². The lowest BCUT2D eigenvalue weighted by atomic mass is 10.1. The number of aromatic nitrogens is 2. The molecule has 0 bridgehead atoms. The molecule has 0 saturated heterocycles. The van der Waals surface area contributed by atoms with E-state index < -0.39 is 0 Å². The largest absolute Gasteiger partial charge is 0.480 e. The number of hydrogen-bond donors (Lipinski definition) is 1. The van der Waals surface area contributed by atoms with Gasteiger partial charge < -0.3 is 19.9 Å². The third-order valence-corrected chi connectivity index (χ3v) is 3.27. The summed E-state index contributed by atoms with van der Waals surface area (Å²) in [5.41, 5.74) is 7.19. The second-order valence-electron chi connectivity index (χ2n) is 5.28. The van der Waals surface area contributed by atoms with E-state index in [1.54, 1.807) is 0 Å². The van der Waals surface area contributed by atoms with E-state index in [0.717, 1.165) is 17.7 Å². The highest BCUT2D eigenvalue weighted by molar-refractivity contribution is 5.37. The first-order valence-electron chi connectivity index (χ1n) is 6.62. The molecular weight excluding hydrogens is 256 g/mol. The number of nitrogens with two attached hydrogens (primary N) is 1. The SMILES string of the molecule is CN(C)CC(N)c1noc(C2Cc3ccccc3O2)n1. The van der Waals surface area contributed by atoms with Crippen molar-refractivity contribution in [3.05, 3.63) is 41.5 Å². The van der Waals surface area contributed by atoms with Crippen LogP contribution in [0.2, 0.25) is 0 Å². The van der Waals surface area contributed by atoms with E-state index in [0.29, 0.717) is 18.3 Å². The van der Waals surface area contributed by atoms with E-state index in [2.05, 4.69) is 10.1 Å². The van der Waals surface area contributed by atoms with Crippen molar-refractivity contribution in [2.75, 3.05) is 20.6 Å². The fourth-order valence-corrected chi connectivity index (χ4v) is 2.32. The first-order valence-corrected chi connectivity index (χ1v) is 6.62. The first kappa shape index (κ1) is 13.1. The molecule has 0 radical (unpaired) electrons. The number of rotatable bonds is 4. The summed E-state index contributed by atoms with van der Waals surface area (Å²) in [7, 11) is 3.91. The van der Waals surface area contributed by atoms with Gasteiger partial charge in [-0.15, -0.1) is 0 Å². The molecule has 1 aromatic heterocycles. The lowest BCUT2D eigenvalue weighted by Crippen LogP contribution is -2.26. The highest BCUT2D eigenvalue weighted by Crippen LogP contribution is 2.35. The Bertz CT molecular complexity index is 571. The molecule has 3 rings (SSSR count). The number of nitrogens with zero attached hydrogens (tertiary/aromatic N) is 3. The summed E-state index contributed by atoms with van der Waals surface area (Å²) in [6.07, 6.45) is 0.543. The number of hydrogen-bond acceptors (Lipinski definition) is 6. The number of ether oxygens (including phenoxy) is 1. The Balaban J connectivity index is 1.73. The fourth-order valence-electron chi connectivity index (χ4n) is 2.32. The van der Waals surface area contributed by atoms with Crippen LogP contribution in [-0.4, -0.2) is 35.7 Å². The minimum absolute atomic E-state index is 0.208. The zero-order chi connectivity index (χ0) is 14.1. The summed E-state index contributed by atoms with van der Waals surface area (Å²) in [5, 5.41) is 3.96. The van der Waals surface area contributed by atoms with Crippen LogP contribution in [0.15, 0.2) is 28.8 Å². The Morgan fingerprint density at radius 2 is 2.20 bits per heavy atom. The minimum atomic E-state index is -0.258. The van der Waals surface area contributed by atoms with E-state index in [9.17, 15) is 0 Å². The van der Waals surface area contributed by atoms with Gasteiger partial charge >= 0.3 is 0 Å². The maximum Gasteiger partial charge on any atom is 0.268 e. The van der Waals surface area contributed by atoms with Crippen LogP contribution in [0.25, 0.3) is 0 Å². The van der Waals surface area contributed by atoms with Crippen LogP contribution in [0.4, 0.5) is 0 Å². The second-order valence-corrected chi connectivity index (χ2v) is 5.28. The van der Waals surface area contributed by atoms with Gasteiger partial charge in [-0.3, -0.25) is 0 Å². The molecule has 2 heterocycles. The van der Waals surface area contributed by atoms with Gasteiger partial charge in [0.05, 0.1) is 6.04 Å². The van der Waals surface area contributed by atoms with Crippen molar-refractivity contribution in [3.8, 4) is 5.75 Å². The summed E-state index contributed by atoms with van der Waals surface area (Å²) in [6.45, 7) is 0.671. The molecule has 2 aromatic rings. The van der Waals surface area contributed by atoms with E-state index in [1.165, 1.54) is 0 Å². The van der Waals surface area contributed by atoms with Crippen molar-refractivity contribution in [2.45, 2.75) is 18.6 Å². The third kappa shape index (κ3) is 2.52. The maximum absolute atomic E-state index is 6.02. The molecule has 2 N–H and O–H groups in total. The van der Waals surface area contributed by atoms with E-state index in [4.69, 9.17) is 15.0 Å². The lowest BCUT2D eigenvalue weighted by Gasteiger charge is -2.13. The standard InChI is InChI=1S/C14H18N4O2/c1-18(2)8-10(15)13-16-14(20-17-13)12-7-9-5-3-4-6-11(9)19-12/h3-6,10,12H,7-8,15H2,1-2H3. The smallest absolute Gasteiger partial charge is 0.268 e. The molecule has 6 heteroatoms. The third-order valence-electron chi connectivity index (χ3n) is 3.27. The van der Waals surface area contributed by atoms with Crippen LogP contribution in [0.3, 0.4) is 0 Å². The average Bonchev–Trinajstić information content (AvgIpc) is 3.04. The van der Waals surface area contributed by atoms with Crippen molar-refractivity contribution >= 4 is 0 Å². The van der Waals surface area contributed by atoms with Crippen LogP contribution in [0.1, 0.15) is 29.4 Å². The van der Waals surface area contributed by atoms with Crippen LogP contribution in [-0.2, 0) is 6.42 Å². The molecule has 0 saturated carbocycles. The predicted octanol–water partition coefficient (Wildman–Crippen LogP) is 1.31. The molecule has 20 heavy (non-hydrogen) atoms. The van der Waals surface area contributed by atoms with Gasteiger partial charge in [-0.25, -0.2) is 0 Å². The van der Waals surface area contributed by atoms with Gasteiger partial charge in [0.2, 0.25) is 0 Å². The number of para-hydroxylation sites is 1. The normalized spacial score (nSPS) is 18.9. The maximum atomic E-state index is 6.02. The summed E-state index contributed by atoms with van der Waals surface area (Å²) in [4.78, 5) is 6.36. The van der Waals surface area contributed by atoms with Gasteiger partial charge in [0, 0.05) is 13.0 Å². The number of benzene rings is 1. The Labute approximate surface area is 117 Å². The Morgan fingerprint density at radius 1 is 1.40 bits per heavy atom. The summed E-state index contributed by atoms with van der Waals surface area (Å²) in [5.74, 6) is 1.90. The number of likely N-dealkylation sites (N-methyl/N-ethyl adjacent to an activating group) is 1. The van der Waals surface area contributed by atoms with Crippen molar-refractivity contribution in [1.29, 1.82) is 0 Å². The van der Waals surface area contributed by atoms with E-state index in [-0.39, 0.29) is 12.1 Å². The molecule has 1 aliphatic heterocycles. The van der Waals surface area contributed by atoms with Crippen LogP contribution < -0.4 is 10.5 Å². The van der Waals surface area contributed by atoms with Crippen molar-refractivity contribution < 1.29 is 9.26 Å². The Hall–Kier alpha value is -1.92. The monoisotopic (exact) mass is 274 g/mol. The first-order chi connectivity index (χ1) is 9.63. The molecule has 2 unspecified atom stereocenters. The van der Waals surface area contributed by atoms with Crippen LogP contribution in [0, 0.1) is 0 Å². The zero-order valence-corrected chi connectivity index (χ0v) is 11.6. The topological polar surface area (TPSA) is 77.4 Å². The minimum Gasteiger partial charge on any atom is -0.480 e. The highest BCUT2D eigenvalue weighted by Gasteiger charge is 2.29. The van der Waals surface area contributed by atoms with Crippen molar-refractivity contribution in [1.82, 2.24) is 15.0 Å². The molecule has 6 nitrogen and oxygen atoms in total. The molecule has 2 atom stereocenters. The van der Waals surface area contributed by atoms with Crippen LogP contribution in [0.5, 0.6) is 5.75 Å². The molecule has 106 valence electrons. The summed E-state index contributed by atoms with van der Waals surface area (Å²) < 4.78 is 11.1. The lowest BCUT2D eigenvalue weighted by molar-refractivity contribution is 0.183. The quantitative estimate of drug-likeness (QED) is 0.905. The Morgan fingerprint density at radius 3 is 2.95 bits per heavy atom. The molecule has 0 aliphatic carbocycles. The van der Waals surface area contributed by atoms with E-state index in [1.807, 2.05) is 43.3 Å². The van der Waals surface area contributed by atoms with Gasteiger partial charge in [0.15, 0.2) is 11.9 Å². The second kappa shape index (κ2) is 5.22. The molecular formula is C14H18N4O2.